The molecule has 7 heteroatoms. The number of thiazole rings is 1. The summed E-state index contributed by atoms with van der Waals surface area (Å²) in [4.78, 5) is 16.6. The molecule has 0 unspecified atom stereocenters. The molecule has 2 N–H and O–H groups in total. The van der Waals surface area contributed by atoms with Crippen molar-refractivity contribution in [2.45, 2.75) is 65.0 Å². The van der Waals surface area contributed by atoms with Gasteiger partial charge in [-0.15, -0.1) is 11.3 Å². The number of hydrogen-bond donors (Lipinski definition) is 2. The minimum atomic E-state index is -1.11. The van der Waals surface area contributed by atoms with Crippen molar-refractivity contribution >= 4 is 33.8 Å². The van der Waals surface area contributed by atoms with E-state index in [1.807, 2.05) is 12.1 Å². The molecular weight excluding hydrogens is 396 g/mol. The maximum atomic E-state index is 12.6. The highest BCUT2D eigenvalue weighted by molar-refractivity contribution is 7.11. The lowest BCUT2D eigenvalue weighted by atomic mass is 9.80. The molecule has 1 aliphatic carbocycles. The standard InChI is InChI=1S/C23H30N4O2S/c1-14(2)15-5-7-17(8-6-15)27-13-16-11-20(25-21(28)22-24-9-10-30-22)18(23(3,4)29)12-19(16)26-27/h9-15,17,29H,5-8H2,1-4H3,(H,25,28)/t15-,17-. The molecule has 1 aliphatic rings. The predicted molar refractivity (Wildman–Crippen MR) is 121 cm³/mol. The number of carbonyl (C=O) groups excluding carboxylic acids is 1. The van der Waals surface area contributed by atoms with Crippen LogP contribution in [0.1, 0.15) is 74.8 Å². The molecule has 160 valence electrons. The predicted octanol–water partition coefficient (Wildman–Crippen LogP) is 5.36. The minimum Gasteiger partial charge on any atom is -0.386 e. The number of aliphatic hydroxyl groups is 1. The van der Waals surface area contributed by atoms with Crippen LogP contribution >= 0.6 is 11.3 Å². The Balaban J connectivity index is 1.64. The van der Waals surface area contributed by atoms with E-state index in [4.69, 9.17) is 5.10 Å². The van der Waals surface area contributed by atoms with Crippen LogP contribution in [-0.4, -0.2) is 25.8 Å². The van der Waals surface area contributed by atoms with Crippen molar-refractivity contribution in [1.29, 1.82) is 0 Å². The lowest BCUT2D eigenvalue weighted by Crippen LogP contribution is -2.21. The summed E-state index contributed by atoms with van der Waals surface area (Å²) < 4.78 is 2.09. The number of amides is 1. The van der Waals surface area contributed by atoms with Gasteiger partial charge in [0, 0.05) is 34.4 Å². The molecule has 0 atom stereocenters. The second kappa shape index (κ2) is 8.12. The van der Waals surface area contributed by atoms with Crippen LogP contribution in [0.3, 0.4) is 0 Å². The zero-order valence-corrected chi connectivity index (χ0v) is 18.9. The molecule has 0 aliphatic heterocycles. The Morgan fingerprint density at radius 3 is 2.60 bits per heavy atom. The monoisotopic (exact) mass is 426 g/mol. The van der Waals surface area contributed by atoms with Crippen LogP contribution in [0.25, 0.3) is 10.9 Å². The van der Waals surface area contributed by atoms with Gasteiger partial charge in [-0.3, -0.25) is 9.48 Å². The van der Waals surface area contributed by atoms with Crippen molar-refractivity contribution in [2.75, 3.05) is 5.32 Å². The van der Waals surface area contributed by atoms with Gasteiger partial charge in [-0.25, -0.2) is 4.98 Å². The number of carbonyl (C=O) groups is 1. The maximum Gasteiger partial charge on any atom is 0.284 e. The fraction of sp³-hybridized carbons (Fsp3) is 0.522. The van der Waals surface area contributed by atoms with Gasteiger partial charge in [-0.05, 0) is 63.5 Å². The molecule has 0 radical (unpaired) electrons. The molecule has 3 aromatic rings. The third kappa shape index (κ3) is 4.27. The van der Waals surface area contributed by atoms with Crippen LogP contribution in [0.15, 0.2) is 29.9 Å². The highest BCUT2D eigenvalue weighted by Crippen LogP contribution is 2.37. The summed E-state index contributed by atoms with van der Waals surface area (Å²) >= 11 is 1.29. The molecule has 1 fully saturated rings. The van der Waals surface area contributed by atoms with Crippen LogP contribution in [-0.2, 0) is 5.60 Å². The highest BCUT2D eigenvalue weighted by Gasteiger charge is 2.27. The summed E-state index contributed by atoms with van der Waals surface area (Å²) in [6.07, 6.45) is 8.44. The summed E-state index contributed by atoms with van der Waals surface area (Å²) in [5.74, 6) is 1.27. The fourth-order valence-electron chi connectivity index (χ4n) is 4.43. The molecule has 30 heavy (non-hydrogen) atoms. The number of fused-ring (bicyclic) bond motifs is 1. The molecule has 0 bridgehead atoms. The van der Waals surface area contributed by atoms with E-state index in [1.165, 1.54) is 24.2 Å². The number of nitrogens with one attached hydrogen (secondary N) is 1. The number of aromatic nitrogens is 3. The van der Waals surface area contributed by atoms with Crippen molar-refractivity contribution in [2.24, 2.45) is 11.8 Å². The first-order valence-electron chi connectivity index (χ1n) is 10.7. The second-order valence-corrected chi connectivity index (χ2v) is 10.1. The van der Waals surface area contributed by atoms with Crippen molar-refractivity contribution in [3.05, 3.63) is 40.5 Å². The van der Waals surface area contributed by atoms with E-state index >= 15 is 0 Å². The normalized spacial score (nSPS) is 20.1. The quantitative estimate of drug-likeness (QED) is 0.575. The molecule has 2 aromatic heterocycles. The molecule has 1 aromatic carbocycles. The Kier molecular flexibility index (Phi) is 5.68. The lowest BCUT2D eigenvalue weighted by molar-refractivity contribution is 0.0794. The summed E-state index contributed by atoms with van der Waals surface area (Å²) in [6, 6.07) is 4.21. The minimum absolute atomic E-state index is 0.269. The first-order chi connectivity index (χ1) is 14.2. The Morgan fingerprint density at radius 1 is 1.27 bits per heavy atom. The average molecular weight is 427 g/mol. The summed E-state index contributed by atoms with van der Waals surface area (Å²) in [5.41, 5.74) is 0.969. The van der Waals surface area contributed by atoms with Crippen LogP contribution in [0.5, 0.6) is 0 Å². The fourth-order valence-corrected chi connectivity index (χ4v) is 4.96. The molecule has 1 amide bonds. The SMILES string of the molecule is CC(C)[C@H]1CC[C@H](n2cc3cc(NC(=O)c4nccs4)c(C(C)(C)O)cc3n2)CC1. The first kappa shape index (κ1) is 21.0. The maximum absolute atomic E-state index is 12.6. The number of hydrogen-bond acceptors (Lipinski definition) is 5. The van der Waals surface area contributed by atoms with Gasteiger partial charge in [0.05, 0.1) is 17.2 Å². The zero-order valence-electron chi connectivity index (χ0n) is 18.1. The summed E-state index contributed by atoms with van der Waals surface area (Å²) in [5, 5.41) is 21.6. The van der Waals surface area contributed by atoms with Crippen molar-refractivity contribution in [1.82, 2.24) is 14.8 Å². The van der Waals surface area contributed by atoms with E-state index in [9.17, 15) is 9.90 Å². The second-order valence-electron chi connectivity index (χ2n) is 9.23. The van der Waals surface area contributed by atoms with Crippen LogP contribution in [0, 0.1) is 11.8 Å². The number of rotatable bonds is 5. The van der Waals surface area contributed by atoms with Gasteiger partial charge in [0.2, 0.25) is 0 Å². The van der Waals surface area contributed by atoms with Gasteiger partial charge in [0.15, 0.2) is 5.01 Å². The van der Waals surface area contributed by atoms with Crippen LogP contribution in [0.2, 0.25) is 0 Å². The number of benzene rings is 1. The summed E-state index contributed by atoms with van der Waals surface area (Å²) in [7, 11) is 0. The smallest absolute Gasteiger partial charge is 0.284 e. The topological polar surface area (TPSA) is 80.0 Å². The van der Waals surface area contributed by atoms with Crippen LogP contribution < -0.4 is 5.32 Å². The Morgan fingerprint density at radius 2 is 2.00 bits per heavy atom. The van der Waals surface area contributed by atoms with Gasteiger partial charge >= 0.3 is 0 Å². The molecule has 6 nitrogen and oxygen atoms in total. The third-order valence-electron chi connectivity index (χ3n) is 6.25. The van der Waals surface area contributed by atoms with E-state index in [0.717, 1.165) is 35.6 Å². The Labute approximate surface area is 181 Å². The van der Waals surface area contributed by atoms with E-state index in [-0.39, 0.29) is 5.91 Å². The number of anilines is 1. The van der Waals surface area contributed by atoms with E-state index < -0.39 is 5.60 Å². The molecule has 1 saturated carbocycles. The molecular formula is C23H30N4O2S. The van der Waals surface area contributed by atoms with Gasteiger partial charge < -0.3 is 10.4 Å². The van der Waals surface area contributed by atoms with Gasteiger partial charge in [-0.1, -0.05) is 13.8 Å². The Bertz CT molecular complexity index is 1030. The first-order valence-corrected chi connectivity index (χ1v) is 11.6. The summed E-state index contributed by atoms with van der Waals surface area (Å²) in [6.45, 7) is 8.06. The molecule has 4 rings (SSSR count). The average Bonchev–Trinajstić information content (AvgIpc) is 3.36. The molecule has 0 saturated heterocycles. The van der Waals surface area contributed by atoms with Gasteiger partial charge in [0.1, 0.15) is 0 Å². The van der Waals surface area contributed by atoms with Crippen molar-refractivity contribution in [3.8, 4) is 0 Å². The van der Waals surface area contributed by atoms with Crippen molar-refractivity contribution in [3.63, 3.8) is 0 Å². The lowest BCUT2D eigenvalue weighted by Gasteiger charge is -2.30. The number of nitrogens with zero attached hydrogens (tertiary/aromatic N) is 3. The van der Waals surface area contributed by atoms with E-state index in [0.29, 0.717) is 22.3 Å². The molecule has 0 spiro atoms. The Hall–Kier alpha value is -2.25. The van der Waals surface area contributed by atoms with Crippen LogP contribution in [0.4, 0.5) is 5.69 Å². The van der Waals surface area contributed by atoms with Gasteiger partial charge in [0.25, 0.3) is 5.91 Å². The third-order valence-corrected chi connectivity index (χ3v) is 7.03. The highest BCUT2D eigenvalue weighted by atomic mass is 32.1. The van der Waals surface area contributed by atoms with Gasteiger partial charge in [-0.2, -0.15) is 5.10 Å². The largest absolute Gasteiger partial charge is 0.386 e. The zero-order chi connectivity index (χ0) is 21.5. The van der Waals surface area contributed by atoms with E-state index in [1.54, 1.807) is 25.4 Å². The molecule has 2 heterocycles. The van der Waals surface area contributed by atoms with Crippen molar-refractivity contribution < 1.29 is 9.90 Å². The van der Waals surface area contributed by atoms with E-state index in [2.05, 4.69) is 35.0 Å².